The number of rotatable bonds is 5. The number of pyridine rings is 1. The standard InChI is InChI=1S/C16H14ClF3N4S/c1-10-2-3-12(15(23-10)24-9-13(17)8-22-24)7-21-6-11-4-5-25-14(11)16(18,19)20/h2-5,8-9,21H,6-7H2,1H3. The normalized spacial score (nSPS) is 11.9. The van der Waals surface area contributed by atoms with Gasteiger partial charge in [-0.05, 0) is 30.0 Å². The zero-order chi connectivity index (χ0) is 18.0. The van der Waals surface area contributed by atoms with Gasteiger partial charge in [-0.1, -0.05) is 17.7 Å². The van der Waals surface area contributed by atoms with Crippen molar-refractivity contribution in [2.75, 3.05) is 0 Å². The van der Waals surface area contributed by atoms with E-state index in [0.717, 1.165) is 11.3 Å². The molecule has 0 unspecified atom stereocenters. The number of alkyl halides is 3. The lowest BCUT2D eigenvalue weighted by Crippen LogP contribution is -2.17. The van der Waals surface area contributed by atoms with Crippen molar-refractivity contribution in [2.24, 2.45) is 0 Å². The molecule has 25 heavy (non-hydrogen) atoms. The molecule has 0 aliphatic rings. The number of aryl methyl sites for hydroxylation is 1. The molecule has 0 aromatic carbocycles. The highest BCUT2D eigenvalue weighted by molar-refractivity contribution is 7.10. The maximum Gasteiger partial charge on any atom is 0.425 e. The summed E-state index contributed by atoms with van der Waals surface area (Å²) >= 11 is 6.60. The van der Waals surface area contributed by atoms with Crippen molar-refractivity contribution < 1.29 is 13.2 Å². The van der Waals surface area contributed by atoms with E-state index in [-0.39, 0.29) is 12.1 Å². The summed E-state index contributed by atoms with van der Waals surface area (Å²) in [6.07, 6.45) is -1.19. The van der Waals surface area contributed by atoms with Crippen LogP contribution in [0.15, 0.2) is 36.0 Å². The van der Waals surface area contributed by atoms with Crippen LogP contribution in [0.25, 0.3) is 5.82 Å². The Hall–Kier alpha value is -1.90. The lowest BCUT2D eigenvalue weighted by Gasteiger charge is -2.12. The molecular weight excluding hydrogens is 373 g/mol. The van der Waals surface area contributed by atoms with Crippen molar-refractivity contribution >= 4 is 22.9 Å². The van der Waals surface area contributed by atoms with Gasteiger partial charge in [-0.3, -0.25) is 0 Å². The molecule has 132 valence electrons. The first kappa shape index (κ1) is 17.9. The van der Waals surface area contributed by atoms with Crippen molar-refractivity contribution in [3.63, 3.8) is 0 Å². The first-order chi connectivity index (χ1) is 11.8. The molecule has 9 heteroatoms. The van der Waals surface area contributed by atoms with Crippen LogP contribution in [0.3, 0.4) is 0 Å². The van der Waals surface area contributed by atoms with E-state index in [1.165, 1.54) is 17.6 Å². The molecule has 0 radical (unpaired) electrons. The van der Waals surface area contributed by atoms with Gasteiger partial charge in [0.15, 0.2) is 5.82 Å². The number of hydrogen-bond donors (Lipinski definition) is 1. The third-order valence-corrected chi connectivity index (χ3v) is 4.70. The molecule has 3 rings (SSSR count). The van der Waals surface area contributed by atoms with Gasteiger partial charge in [-0.2, -0.15) is 18.3 Å². The van der Waals surface area contributed by atoms with Crippen molar-refractivity contribution in [1.82, 2.24) is 20.1 Å². The Morgan fingerprint density at radius 2 is 1.96 bits per heavy atom. The first-order valence-electron chi connectivity index (χ1n) is 7.36. The minimum absolute atomic E-state index is 0.117. The molecule has 3 aromatic heterocycles. The fourth-order valence-corrected chi connectivity index (χ4v) is 3.31. The minimum atomic E-state index is -4.33. The molecule has 0 aliphatic carbocycles. The topological polar surface area (TPSA) is 42.7 Å². The SMILES string of the molecule is Cc1ccc(CNCc2ccsc2C(F)(F)F)c(-n2cc(Cl)cn2)n1. The van der Waals surface area contributed by atoms with Crippen LogP contribution in [0, 0.1) is 6.92 Å². The van der Waals surface area contributed by atoms with Crippen molar-refractivity contribution in [2.45, 2.75) is 26.2 Å². The summed E-state index contributed by atoms with van der Waals surface area (Å²) in [5.74, 6) is 0.598. The molecule has 0 saturated carbocycles. The molecule has 0 spiro atoms. The summed E-state index contributed by atoms with van der Waals surface area (Å²) < 4.78 is 40.3. The molecule has 0 fully saturated rings. The Balaban J connectivity index is 1.75. The molecule has 0 bridgehead atoms. The Morgan fingerprint density at radius 1 is 1.20 bits per heavy atom. The summed E-state index contributed by atoms with van der Waals surface area (Å²) in [6, 6.07) is 5.21. The van der Waals surface area contributed by atoms with E-state index in [1.807, 2.05) is 19.1 Å². The zero-order valence-electron chi connectivity index (χ0n) is 13.1. The van der Waals surface area contributed by atoms with Crippen molar-refractivity contribution in [1.29, 1.82) is 0 Å². The highest BCUT2D eigenvalue weighted by Gasteiger charge is 2.34. The smallest absolute Gasteiger partial charge is 0.308 e. The highest BCUT2D eigenvalue weighted by atomic mass is 35.5. The van der Waals surface area contributed by atoms with E-state index in [4.69, 9.17) is 11.6 Å². The van der Waals surface area contributed by atoms with E-state index in [2.05, 4.69) is 15.4 Å². The second-order valence-corrected chi connectivity index (χ2v) is 6.77. The van der Waals surface area contributed by atoms with Gasteiger partial charge in [0.25, 0.3) is 0 Å². The fourth-order valence-electron chi connectivity index (χ4n) is 2.38. The van der Waals surface area contributed by atoms with Crippen molar-refractivity contribution in [3.8, 4) is 5.82 Å². The second-order valence-electron chi connectivity index (χ2n) is 5.41. The van der Waals surface area contributed by atoms with Crippen LogP contribution in [0.4, 0.5) is 13.2 Å². The van der Waals surface area contributed by atoms with E-state index in [9.17, 15) is 13.2 Å². The number of thiophene rings is 1. The van der Waals surface area contributed by atoms with Gasteiger partial charge in [-0.15, -0.1) is 11.3 Å². The Morgan fingerprint density at radius 3 is 2.64 bits per heavy atom. The number of halogens is 4. The summed E-state index contributed by atoms with van der Waals surface area (Å²) in [5, 5.41) is 9.12. The van der Waals surface area contributed by atoms with Gasteiger partial charge in [0.2, 0.25) is 0 Å². The third kappa shape index (κ3) is 4.20. The van der Waals surface area contributed by atoms with Crippen LogP contribution in [0.5, 0.6) is 0 Å². The molecule has 3 heterocycles. The van der Waals surface area contributed by atoms with Crippen molar-refractivity contribution in [3.05, 3.63) is 62.7 Å². The number of hydrogen-bond acceptors (Lipinski definition) is 4. The van der Waals surface area contributed by atoms with E-state index >= 15 is 0 Å². The summed E-state index contributed by atoms with van der Waals surface area (Å²) in [7, 11) is 0. The largest absolute Gasteiger partial charge is 0.425 e. The van der Waals surface area contributed by atoms with Gasteiger partial charge >= 0.3 is 6.18 Å². The van der Waals surface area contributed by atoms with Gasteiger partial charge in [0.05, 0.1) is 17.4 Å². The maximum absolute atomic E-state index is 12.9. The predicted molar refractivity (Wildman–Crippen MR) is 91.0 cm³/mol. The summed E-state index contributed by atoms with van der Waals surface area (Å²) in [6.45, 7) is 2.32. The van der Waals surface area contributed by atoms with E-state index < -0.39 is 11.1 Å². The molecule has 0 aliphatic heterocycles. The second kappa shape index (κ2) is 7.15. The van der Waals surface area contributed by atoms with Crippen LogP contribution in [0.1, 0.15) is 21.7 Å². The lowest BCUT2D eigenvalue weighted by atomic mass is 10.2. The van der Waals surface area contributed by atoms with Crippen LogP contribution in [-0.4, -0.2) is 14.8 Å². The molecule has 0 saturated heterocycles. The summed E-state index contributed by atoms with van der Waals surface area (Å²) in [5.41, 5.74) is 1.86. The molecular formula is C16H14ClF3N4S. The highest BCUT2D eigenvalue weighted by Crippen LogP contribution is 2.35. The lowest BCUT2D eigenvalue weighted by molar-refractivity contribution is -0.134. The number of nitrogens with zero attached hydrogens (tertiary/aromatic N) is 3. The number of nitrogens with one attached hydrogen (secondary N) is 1. The third-order valence-electron chi connectivity index (χ3n) is 3.50. The molecule has 1 N–H and O–H groups in total. The molecule has 0 atom stereocenters. The average molecular weight is 387 g/mol. The van der Waals surface area contributed by atoms with Crippen LogP contribution < -0.4 is 5.32 Å². The molecule has 0 amide bonds. The number of aromatic nitrogens is 3. The maximum atomic E-state index is 12.9. The molecule has 3 aromatic rings. The quantitative estimate of drug-likeness (QED) is 0.697. The monoisotopic (exact) mass is 386 g/mol. The van der Waals surface area contributed by atoms with E-state index in [1.54, 1.807) is 10.9 Å². The minimum Gasteiger partial charge on any atom is -0.308 e. The van der Waals surface area contributed by atoms with Crippen LogP contribution >= 0.6 is 22.9 Å². The van der Waals surface area contributed by atoms with Crippen LogP contribution in [-0.2, 0) is 19.3 Å². The summed E-state index contributed by atoms with van der Waals surface area (Å²) in [4.78, 5) is 3.88. The van der Waals surface area contributed by atoms with Gasteiger partial charge < -0.3 is 5.32 Å². The Labute approximate surface area is 151 Å². The first-order valence-corrected chi connectivity index (χ1v) is 8.61. The van der Waals surface area contributed by atoms with Gasteiger partial charge in [0, 0.05) is 24.3 Å². The van der Waals surface area contributed by atoms with Gasteiger partial charge in [0.1, 0.15) is 4.88 Å². The Bertz CT molecular complexity index is 872. The van der Waals surface area contributed by atoms with E-state index in [0.29, 0.717) is 28.7 Å². The molecule has 4 nitrogen and oxygen atoms in total. The zero-order valence-corrected chi connectivity index (χ0v) is 14.7. The van der Waals surface area contributed by atoms with Gasteiger partial charge in [-0.25, -0.2) is 9.67 Å². The fraction of sp³-hybridized carbons (Fsp3) is 0.250. The Kier molecular flexibility index (Phi) is 5.12. The van der Waals surface area contributed by atoms with Crippen LogP contribution in [0.2, 0.25) is 5.02 Å². The average Bonchev–Trinajstić information content (AvgIpc) is 3.17. The predicted octanol–water partition coefficient (Wildman–Crippen LogP) is 4.60.